The Hall–Kier alpha value is -2.11. The van der Waals surface area contributed by atoms with E-state index >= 15 is 0 Å². The molecule has 1 aliphatic heterocycles. The summed E-state index contributed by atoms with van der Waals surface area (Å²) in [6, 6.07) is 13.0. The Morgan fingerprint density at radius 2 is 1.96 bits per heavy atom. The van der Waals surface area contributed by atoms with Crippen LogP contribution in [0.5, 0.6) is 0 Å². The van der Waals surface area contributed by atoms with Gasteiger partial charge in [0.1, 0.15) is 0 Å². The third kappa shape index (κ3) is 3.30. The van der Waals surface area contributed by atoms with Gasteiger partial charge < -0.3 is 0 Å². The van der Waals surface area contributed by atoms with Crippen molar-refractivity contribution in [3.05, 3.63) is 64.2 Å². The molecule has 0 aliphatic carbocycles. The molecule has 1 saturated heterocycles. The van der Waals surface area contributed by atoms with Crippen LogP contribution in [0.2, 0.25) is 5.02 Å². The van der Waals surface area contributed by atoms with Gasteiger partial charge in [-0.25, -0.2) is 9.98 Å². The van der Waals surface area contributed by atoms with E-state index in [1.807, 2.05) is 43.3 Å². The predicted octanol–water partition coefficient (Wildman–Crippen LogP) is 4.36. The molecule has 1 aliphatic rings. The van der Waals surface area contributed by atoms with Crippen LogP contribution in [0, 0.1) is 0 Å². The van der Waals surface area contributed by atoms with Crippen LogP contribution in [0.1, 0.15) is 12.5 Å². The van der Waals surface area contributed by atoms with E-state index in [0.717, 1.165) is 11.1 Å². The Kier molecular flexibility index (Phi) is 4.50. The van der Waals surface area contributed by atoms with Crippen LogP contribution < -0.4 is 0 Å². The first-order valence-electron chi connectivity index (χ1n) is 6.98. The molecule has 2 aromatic rings. The molecule has 1 aromatic heterocycles. The van der Waals surface area contributed by atoms with Crippen molar-refractivity contribution in [1.82, 2.24) is 9.88 Å². The minimum absolute atomic E-state index is 0.0582. The Labute approximate surface area is 143 Å². The largest absolute Gasteiger partial charge is 0.289 e. The number of hydrogen-bond donors (Lipinski definition) is 0. The van der Waals surface area contributed by atoms with Crippen LogP contribution in [0.4, 0.5) is 5.82 Å². The van der Waals surface area contributed by atoms with Crippen LogP contribution in [-0.4, -0.2) is 28.0 Å². The van der Waals surface area contributed by atoms with Gasteiger partial charge in [0.15, 0.2) is 11.0 Å². The zero-order valence-electron chi connectivity index (χ0n) is 12.7. The smallest absolute Gasteiger partial charge is 0.266 e. The van der Waals surface area contributed by atoms with E-state index in [-0.39, 0.29) is 5.91 Å². The summed E-state index contributed by atoms with van der Waals surface area (Å²) in [7, 11) is 1.72. The van der Waals surface area contributed by atoms with Crippen molar-refractivity contribution in [2.75, 3.05) is 7.05 Å². The lowest BCUT2D eigenvalue weighted by Crippen LogP contribution is -2.23. The number of halogens is 1. The highest BCUT2D eigenvalue weighted by atomic mass is 35.5. The second kappa shape index (κ2) is 6.56. The highest BCUT2D eigenvalue weighted by Gasteiger charge is 2.32. The maximum atomic E-state index is 12.5. The molecule has 0 spiro atoms. The van der Waals surface area contributed by atoms with Crippen LogP contribution >= 0.6 is 23.4 Å². The highest BCUT2D eigenvalue weighted by Crippen LogP contribution is 2.36. The van der Waals surface area contributed by atoms with Crippen LogP contribution in [0.3, 0.4) is 0 Å². The first-order valence-corrected chi connectivity index (χ1v) is 8.18. The second-order valence-electron chi connectivity index (χ2n) is 5.01. The van der Waals surface area contributed by atoms with E-state index in [1.165, 1.54) is 11.8 Å². The SMILES string of the molecule is C/C(=C1/S/C(=N/c2ccccn2)N(C)C1=O)c1ccc(Cl)cc1. The number of likely N-dealkylation sites (N-methyl/N-ethyl adjacent to an activating group) is 1. The maximum Gasteiger partial charge on any atom is 0.266 e. The average Bonchev–Trinajstić information content (AvgIpc) is 2.84. The lowest BCUT2D eigenvalue weighted by Gasteiger charge is -2.07. The van der Waals surface area contributed by atoms with Gasteiger partial charge in [0.2, 0.25) is 0 Å². The van der Waals surface area contributed by atoms with Crippen LogP contribution in [-0.2, 0) is 4.79 Å². The van der Waals surface area contributed by atoms with Crippen molar-refractivity contribution in [1.29, 1.82) is 0 Å². The lowest BCUT2D eigenvalue weighted by molar-refractivity contribution is -0.121. The van der Waals surface area contributed by atoms with Gasteiger partial charge in [0.25, 0.3) is 5.91 Å². The van der Waals surface area contributed by atoms with E-state index < -0.39 is 0 Å². The standard InChI is InChI=1S/C17H14ClN3OS/c1-11(12-6-8-13(18)9-7-12)15-16(22)21(2)17(23-15)20-14-5-3-4-10-19-14/h3-10H,1-2H3/b15-11-,20-17+. The summed E-state index contributed by atoms with van der Waals surface area (Å²) >= 11 is 7.28. The van der Waals surface area contributed by atoms with Crippen molar-refractivity contribution in [2.24, 2.45) is 4.99 Å². The Morgan fingerprint density at radius 1 is 1.22 bits per heavy atom. The summed E-state index contributed by atoms with van der Waals surface area (Å²) in [5, 5.41) is 1.29. The number of rotatable bonds is 2. The number of thioether (sulfide) groups is 1. The Bertz CT molecular complexity index is 800. The Balaban J connectivity index is 1.96. The summed E-state index contributed by atoms with van der Waals surface area (Å²) in [6.45, 7) is 1.93. The van der Waals surface area contributed by atoms with E-state index in [0.29, 0.717) is 20.9 Å². The summed E-state index contributed by atoms with van der Waals surface area (Å²) in [4.78, 5) is 23.3. The van der Waals surface area contributed by atoms with Crippen molar-refractivity contribution < 1.29 is 4.79 Å². The maximum absolute atomic E-state index is 12.5. The van der Waals surface area contributed by atoms with Crippen molar-refractivity contribution >= 4 is 45.8 Å². The molecule has 1 amide bonds. The van der Waals surface area contributed by atoms with E-state index in [9.17, 15) is 4.79 Å². The number of benzene rings is 1. The summed E-state index contributed by atoms with van der Waals surface area (Å²) in [6.07, 6.45) is 1.68. The quantitative estimate of drug-likeness (QED) is 0.761. The number of amidine groups is 1. The molecule has 0 saturated carbocycles. The summed E-state index contributed by atoms with van der Waals surface area (Å²) in [5.74, 6) is 0.525. The molecular weight excluding hydrogens is 330 g/mol. The lowest BCUT2D eigenvalue weighted by atomic mass is 10.1. The number of hydrogen-bond acceptors (Lipinski definition) is 4. The number of carbonyl (C=O) groups is 1. The average molecular weight is 344 g/mol. The summed E-state index contributed by atoms with van der Waals surface area (Å²) < 4.78 is 0. The molecule has 6 heteroatoms. The minimum Gasteiger partial charge on any atom is -0.289 e. The number of allylic oxidation sites excluding steroid dienone is 1. The number of amides is 1. The van der Waals surface area contributed by atoms with Gasteiger partial charge in [0.05, 0.1) is 4.91 Å². The molecule has 0 radical (unpaired) electrons. The van der Waals surface area contributed by atoms with Gasteiger partial charge in [-0.15, -0.1) is 0 Å². The minimum atomic E-state index is -0.0582. The fourth-order valence-corrected chi connectivity index (χ4v) is 3.29. The van der Waals surface area contributed by atoms with Crippen molar-refractivity contribution in [3.63, 3.8) is 0 Å². The third-order valence-corrected chi connectivity index (χ3v) is 4.94. The van der Waals surface area contributed by atoms with Gasteiger partial charge in [0, 0.05) is 18.3 Å². The molecule has 1 aromatic carbocycles. The molecule has 2 heterocycles. The van der Waals surface area contributed by atoms with Gasteiger partial charge in [-0.2, -0.15) is 0 Å². The number of aliphatic imine (C=N–C) groups is 1. The van der Waals surface area contributed by atoms with E-state index in [4.69, 9.17) is 11.6 Å². The first kappa shape index (κ1) is 15.8. The molecule has 0 unspecified atom stereocenters. The molecule has 1 fully saturated rings. The monoisotopic (exact) mass is 343 g/mol. The van der Waals surface area contributed by atoms with Gasteiger partial charge >= 0.3 is 0 Å². The number of aromatic nitrogens is 1. The number of carbonyl (C=O) groups excluding carboxylic acids is 1. The third-order valence-electron chi connectivity index (χ3n) is 3.46. The molecule has 23 heavy (non-hydrogen) atoms. The topological polar surface area (TPSA) is 45.6 Å². The zero-order chi connectivity index (χ0) is 16.4. The molecule has 4 nitrogen and oxygen atoms in total. The second-order valence-corrected chi connectivity index (χ2v) is 6.42. The van der Waals surface area contributed by atoms with E-state index in [2.05, 4.69) is 9.98 Å². The summed E-state index contributed by atoms with van der Waals surface area (Å²) in [5.41, 5.74) is 1.88. The highest BCUT2D eigenvalue weighted by molar-refractivity contribution is 8.18. The number of nitrogens with zero attached hydrogens (tertiary/aromatic N) is 3. The molecule has 0 N–H and O–H groups in total. The van der Waals surface area contributed by atoms with Gasteiger partial charge in [-0.3, -0.25) is 9.69 Å². The fraction of sp³-hybridized carbons (Fsp3) is 0.118. The molecule has 0 atom stereocenters. The van der Waals surface area contributed by atoms with Gasteiger partial charge in [-0.1, -0.05) is 29.8 Å². The van der Waals surface area contributed by atoms with Crippen LogP contribution in [0.15, 0.2) is 58.6 Å². The normalized spacial score (nSPS) is 18.7. The van der Waals surface area contributed by atoms with Gasteiger partial charge in [-0.05, 0) is 54.1 Å². The molecule has 3 rings (SSSR count). The first-order chi connectivity index (χ1) is 11.1. The van der Waals surface area contributed by atoms with Crippen molar-refractivity contribution in [3.8, 4) is 0 Å². The molecular formula is C17H14ClN3OS. The molecule has 0 bridgehead atoms. The predicted molar refractivity (Wildman–Crippen MR) is 95.7 cm³/mol. The van der Waals surface area contributed by atoms with E-state index in [1.54, 1.807) is 24.2 Å². The Morgan fingerprint density at radius 3 is 2.61 bits per heavy atom. The fourth-order valence-electron chi connectivity index (χ4n) is 2.13. The van der Waals surface area contributed by atoms with Crippen LogP contribution in [0.25, 0.3) is 5.57 Å². The molecule has 116 valence electrons. The number of pyridine rings is 1. The van der Waals surface area contributed by atoms with Crippen molar-refractivity contribution in [2.45, 2.75) is 6.92 Å². The zero-order valence-corrected chi connectivity index (χ0v) is 14.2.